The van der Waals surface area contributed by atoms with Gasteiger partial charge in [0.15, 0.2) is 5.75 Å². The van der Waals surface area contributed by atoms with Gasteiger partial charge in [-0.1, -0.05) is 79.8 Å². The zero-order chi connectivity index (χ0) is 27.2. The number of Topliss-reactive ketones (excluding diaryl/α,β-unsaturated/α-hetero) is 1. The van der Waals surface area contributed by atoms with E-state index in [1.54, 1.807) is 12.1 Å². The van der Waals surface area contributed by atoms with Crippen molar-refractivity contribution < 1.29 is 23.8 Å². The molecule has 1 fully saturated rings. The van der Waals surface area contributed by atoms with Crippen molar-refractivity contribution in [2.45, 2.75) is 32.2 Å². The molecule has 1 N–H and O–H groups in total. The second-order valence-electron chi connectivity index (χ2n) is 9.61. The van der Waals surface area contributed by atoms with Gasteiger partial charge < -0.3 is 9.84 Å². The van der Waals surface area contributed by atoms with Gasteiger partial charge in [0.2, 0.25) is 0 Å². The van der Waals surface area contributed by atoms with Crippen LogP contribution < -0.4 is 9.64 Å². The molecule has 3 aromatic carbocycles. The lowest BCUT2D eigenvalue weighted by Gasteiger charge is -2.27. The lowest BCUT2D eigenvalue weighted by atomic mass is 9.85. The Bertz CT molecular complexity index is 1420. The normalized spacial score (nSPS) is 17.4. The largest absolute Gasteiger partial charge is 0.507 e. The number of carbonyl (C=O) groups excluding carboxylic acids is 2. The Morgan fingerprint density at radius 1 is 0.946 bits per heavy atom. The molecule has 0 radical (unpaired) electrons. The van der Waals surface area contributed by atoms with Gasteiger partial charge >= 0.3 is 0 Å². The van der Waals surface area contributed by atoms with Crippen molar-refractivity contribution >= 4 is 57.9 Å². The quantitative estimate of drug-likeness (QED) is 0.201. The number of aliphatic hydroxyl groups excluding tert-OH is 1. The van der Waals surface area contributed by atoms with Crippen LogP contribution in [-0.4, -0.2) is 23.9 Å². The Labute approximate surface area is 229 Å². The predicted octanol–water partition coefficient (Wildman–Crippen LogP) is 7.72. The minimum absolute atomic E-state index is 0.113. The smallest absolute Gasteiger partial charge is 0.300 e. The molecule has 4 rings (SSSR count). The van der Waals surface area contributed by atoms with Gasteiger partial charge in [0.05, 0.1) is 33.8 Å². The number of amides is 1. The van der Waals surface area contributed by atoms with E-state index in [4.69, 9.17) is 39.5 Å². The maximum atomic E-state index is 13.9. The van der Waals surface area contributed by atoms with Gasteiger partial charge in [-0.05, 0) is 46.9 Å². The highest BCUT2D eigenvalue weighted by atomic mass is 35.5. The molecule has 1 heterocycles. The molecule has 1 atom stereocenters. The van der Waals surface area contributed by atoms with Crippen molar-refractivity contribution in [3.63, 3.8) is 0 Å². The van der Waals surface area contributed by atoms with Crippen LogP contribution in [0.25, 0.3) is 5.76 Å². The number of ketones is 1. The number of aliphatic hydroxyl groups is 1. The molecular formula is C28H23Cl3FNO4. The average Bonchev–Trinajstić information content (AvgIpc) is 3.10. The van der Waals surface area contributed by atoms with Gasteiger partial charge in [-0.25, -0.2) is 4.39 Å². The molecule has 0 saturated carbocycles. The molecule has 37 heavy (non-hydrogen) atoms. The summed E-state index contributed by atoms with van der Waals surface area (Å²) in [4.78, 5) is 27.9. The minimum Gasteiger partial charge on any atom is -0.507 e. The molecule has 0 aromatic heterocycles. The number of hydrogen-bond donors (Lipinski definition) is 1. The molecule has 1 unspecified atom stereocenters. The summed E-state index contributed by atoms with van der Waals surface area (Å²) in [5.41, 5.74) is 1.60. The summed E-state index contributed by atoms with van der Waals surface area (Å²) >= 11 is 18.5. The van der Waals surface area contributed by atoms with E-state index in [1.165, 1.54) is 36.3 Å². The van der Waals surface area contributed by atoms with Crippen LogP contribution in [0.2, 0.25) is 15.1 Å². The van der Waals surface area contributed by atoms with Gasteiger partial charge in [0.1, 0.15) is 11.6 Å². The van der Waals surface area contributed by atoms with Gasteiger partial charge in [0, 0.05) is 11.3 Å². The van der Waals surface area contributed by atoms with Gasteiger partial charge in [-0.3, -0.25) is 14.5 Å². The number of halogens is 4. The lowest BCUT2D eigenvalue weighted by molar-refractivity contribution is -0.132. The van der Waals surface area contributed by atoms with Crippen molar-refractivity contribution in [3.8, 4) is 5.75 Å². The van der Waals surface area contributed by atoms with Crippen LogP contribution in [0, 0.1) is 5.82 Å². The first-order valence-electron chi connectivity index (χ1n) is 11.2. The van der Waals surface area contributed by atoms with Crippen LogP contribution in [0.4, 0.5) is 10.1 Å². The summed E-state index contributed by atoms with van der Waals surface area (Å²) in [6.07, 6.45) is 0. The first-order chi connectivity index (χ1) is 17.3. The number of carbonyl (C=O) groups is 2. The molecule has 1 aliphatic heterocycles. The zero-order valence-corrected chi connectivity index (χ0v) is 22.7. The number of hydrogen-bond acceptors (Lipinski definition) is 4. The minimum atomic E-state index is -1.03. The maximum absolute atomic E-state index is 13.9. The van der Waals surface area contributed by atoms with E-state index in [0.717, 1.165) is 11.6 Å². The Hall–Kier alpha value is -3.06. The van der Waals surface area contributed by atoms with Crippen molar-refractivity contribution in [2.75, 3.05) is 12.0 Å². The topological polar surface area (TPSA) is 66.8 Å². The van der Waals surface area contributed by atoms with Crippen LogP contribution in [0.1, 0.15) is 43.5 Å². The van der Waals surface area contributed by atoms with Crippen LogP contribution in [0.15, 0.2) is 60.2 Å². The van der Waals surface area contributed by atoms with E-state index in [0.29, 0.717) is 5.56 Å². The Kier molecular flexibility index (Phi) is 7.30. The monoisotopic (exact) mass is 561 g/mol. The molecule has 1 amide bonds. The van der Waals surface area contributed by atoms with Crippen LogP contribution in [0.5, 0.6) is 5.75 Å². The summed E-state index contributed by atoms with van der Waals surface area (Å²) < 4.78 is 19.1. The fourth-order valence-electron chi connectivity index (χ4n) is 4.26. The molecule has 0 spiro atoms. The molecule has 1 saturated heterocycles. The number of anilines is 1. The molecule has 0 bridgehead atoms. The highest BCUT2D eigenvalue weighted by Gasteiger charge is 2.47. The standard InChI is InChI=1S/C28H23Cl3FNO4/c1-28(2,3)16-7-5-14(6-8-16)23-22(24(34)15-11-19(30)26(37-4)20(31)12-15)25(35)27(36)33(23)17-9-10-21(32)18(29)13-17/h5-13,23,34H,1-4H3/b24-22+. The van der Waals surface area contributed by atoms with E-state index in [1.807, 2.05) is 12.1 Å². The first kappa shape index (κ1) is 27.0. The maximum Gasteiger partial charge on any atom is 0.300 e. The van der Waals surface area contributed by atoms with E-state index < -0.39 is 29.3 Å². The molecule has 5 nitrogen and oxygen atoms in total. The molecular weight excluding hydrogens is 540 g/mol. The Morgan fingerprint density at radius 2 is 1.54 bits per heavy atom. The molecule has 3 aromatic rings. The van der Waals surface area contributed by atoms with Crippen molar-refractivity contribution in [1.29, 1.82) is 0 Å². The third kappa shape index (κ3) is 4.93. The van der Waals surface area contributed by atoms with Gasteiger partial charge in [0.25, 0.3) is 11.7 Å². The number of nitrogens with zero attached hydrogens (tertiary/aromatic N) is 1. The van der Waals surface area contributed by atoms with Crippen LogP contribution >= 0.6 is 34.8 Å². The predicted molar refractivity (Wildman–Crippen MR) is 144 cm³/mol. The van der Waals surface area contributed by atoms with E-state index in [-0.39, 0.29) is 43.1 Å². The highest BCUT2D eigenvalue weighted by molar-refractivity contribution is 6.52. The summed E-state index contributed by atoms with van der Waals surface area (Å²) in [6.45, 7) is 6.18. The van der Waals surface area contributed by atoms with E-state index in [9.17, 15) is 19.1 Å². The number of benzene rings is 3. The average molecular weight is 563 g/mol. The molecule has 0 aliphatic carbocycles. The number of ether oxygens (including phenoxy) is 1. The summed E-state index contributed by atoms with van der Waals surface area (Å²) in [6, 6.07) is 12.8. The van der Waals surface area contributed by atoms with Crippen LogP contribution in [0.3, 0.4) is 0 Å². The van der Waals surface area contributed by atoms with Crippen molar-refractivity contribution in [3.05, 3.63) is 97.7 Å². The third-order valence-electron chi connectivity index (χ3n) is 6.19. The van der Waals surface area contributed by atoms with Crippen molar-refractivity contribution in [2.24, 2.45) is 0 Å². The van der Waals surface area contributed by atoms with Gasteiger partial charge in [-0.2, -0.15) is 0 Å². The molecule has 9 heteroatoms. The lowest BCUT2D eigenvalue weighted by Crippen LogP contribution is -2.29. The SMILES string of the molecule is COc1c(Cl)cc(/C(O)=C2\C(=O)C(=O)N(c3ccc(F)c(Cl)c3)C2c2ccc(C(C)(C)C)cc2)cc1Cl. The highest BCUT2D eigenvalue weighted by Crippen LogP contribution is 2.44. The fraction of sp³-hybridized carbons (Fsp3) is 0.214. The van der Waals surface area contributed by atoms with Gasteiger partial charge in [-0.15, -0.1) is 0 Å². The second-order valence-corrected chi connectivity index (χ2v) is 10.8. The Balaban J connectivity index is 1.96. The summed E-state index contributed by atoms with van der Waals surface area (Å²) in [5, 5.41) is 11.3. The summed E-state index contributed by atoms with van der Waals surface area (Å²) in [7, 11) is 1.40. The van der Waals surface area contributed by atoms with Crippen LogP contribution in [-0.2, 0) is 15.0 Å². The van der Waals surface area contributed by atoms with E-state index >= 15 is 0 Å². The summed E-state index contributed by atoms with van der Waals surface area (Å²) in [5.74, 6) is -2.76. The fourth-order valence-corrected chi connectivity index (χ4v) is 5.08. The first-order valence-corrected chi connectivity index (χ1v) is 12.4. The molecule has 1 aliphatic rings. The zero-order valence-electron chi connectivity index (χ0n) is 20.4. The van der Waals surface area contributed by atoms with E-state index in [2.05, 4.69) is 20.8 Å². The third-order valence-corrected chi connectivity index (χ3v) is 7.05. The second kappa shape index (κ2) is 10.0. The van der Waals surface area contributed by atoms with Crippen molar-refractivity contribution in [1.82, 2.24) is 0 Å². The molecule has 192 valence electrons. The number of methoxy groups -OCH3 is 1. The number of rotatable bonds is 4. The Morgan fingerprint density at radius 3 is 2.05 bits per heavy atom.